The van der Waals surface area contributed by atoms with Gasteiger partial charge in [-0.05, 0) is 30.1 Å². The van der Waals surface area contributed by atoms with E-state index in [2.05, 4.69) is 4.37 Å². The van der Waals surface area contributed by atoms with Crippen molar-refractivity contribution in [1.82, 2.24) is 4.37 Å². The van der Waals surface area contributed by atoms with Gasteiger partial charge < -0.3 is 4.74 Å². The molecular weight excluding hydrogens is 298 g/mol. The molecule has 0 aliphatic carbocycles. The van der Waals surface area contributed by atoms with Gasteiger partial charge in [0, 0.05) is 25.5 Å². The predicted molar refractivity (Wildman–Crippen MR) is 79.2 cm³/mol. The number of methoxy groups -OCH3 is 1. The van der Waals surface area contributed by atoms with Crippen LogP contribution in [-0.4, -0.2) is 37.0 Å². The highest BCUT2D eigenvalue weighted by atomic mass is 32.1. The number of ether oxygens (including phenoxy) is 1. The molecule has 0 aliphatic rings. The number of amides is 1. The first-order valence-electron chi connectivity index (χ1n) is 6.53. The van der Waals surface area contributed by atoms with Crippen LogP contribution in [0.3, 0.4) is 0 Å². The van der Waals surface area contributed by atoms with Crippen molar-refractivity contribution in [3.05, 3.63) is 23.8 Å². The van der Waals surface area contributed by atoms with Crippen LogP contribution in [0.15, 0.2) is 18.2 Å². The highest BCUT2D eigenvalue weighted by Gasteiger charge is 2.21. The van der Waals surface area contributed by atoms with Crippen molar-refractivity contribution in [1.29, 1.82) is 0 Å². The van der Waals surface area contributed by atoms with E-state index in [1.165, 1.54) is 23.5 Å². The second kappa shape index (κ2) is 6.91. The molecule has 1 amide bonds. The number of carbonyl (C=O) groups excluding carboxylic acids is 1. The van der Waals surface area contributed by atoms with E-state index < -0.39 is 6.43 Å². The highest BCUT2D eigenvalue weighted by Crippen LogP contribution is 2.33. The van der Waals surface area contributed by atoms with Gasteiger partial charge in [-0.1, -0.05) is 12.1 Å². The van der Waals surface area contributed by atoms with Gasteiger partial charge in [0.1, 0.15) is 6.61 Å². The summed E-state index contributed by atoms with van der Waals surface area (Å²) >= 11 is 1.20. The Balaban J connectivity index is 2.50. The molecule has 0 bridgehead atoms. The smallest absolute Gasteiger partial charge is 0.254 e. The molecule has 21 heavy (non-hydrogen) atoms. The maximum atomic E-state index is 12.7. The van der Waals surface area contributed by atoms with E-state index in [0.29, 0.717) is 23.3 Å². The Bertz CT molecular complexity index is 630. The van der Waals surface area contributed by atoms with E-state index in [4.69, 9.17) is 4.74 Å². The van der Waals surface area contributed by atoms with Gasteiger partial charge in [0.15, 0.2) is 5.82 Å². The van der Waals surface area contributed by atoms with E-state index >= 15 is 0 Å². The van der Waals surface area contributed by atoms with Crippen molar-refractivity contribution in [3.63, 3.8) is 0 Å². The molecule has 0 saturated heterocycles. The fourth-order valence-corrected chi connectivity index (χ4v) is 3.04. The highest BCUT2D eigenvalue weighted by molar-refractivity contribution is 7.13. The summed E-state index contributed by atoms with van der Waals surface area (Å²) in [6.45, 7) is 2.16. The number of alkyl halides is 2. The van der Waals surface area contributed by atoms with Gasteiger partial charge in [-0.2, -0.15) is 4.37 Å². The molecule has 1 heterocycles. The number of rotatable bonds is 6. The number of aromatic nitrogens is 1. The topological polar surface area (TPSA) is 42.4 Å². The second-order valence-electron chi connectivity index (χ2n) is 4.46. The lowest BCUT2D eigenvalue weighted by Crippen LogP contribution is -2.34. The molecule has 0 unspecified atom stereocenters. The molecule has 0 spiro atoms. The van der Waals surface area contributed by atoms with Crippen LogP contribution >= 0.6 is 11.5 Å². The lowest BCUT2D eigenvalue weighted by atomic mass is 10.1. The molecule has 0 N–H and O–H groups in total. The van der Waals surface area contributed by atoms with Crippen LogP contribution in [0.5, 0.6) is 0 Å². The lowest BCUT2D eigenvalue weighted by molar-refractivity contribution is -0.122. The normalized spacial score (nSPS) is 11.3. The third-order valence-corrected chi connectivity index (χ3v) is 3.88. The average molecular weight is 314 g/mol. The summed E-state index contributed by atoms with van der Waals surface area (Å²) in [6.07, 6.45) is -2.79. The Morgan fingerprint density at radius 1 is 1.48 bits per heavy atom. The third-order valence-electron chi connectivity index (χ3n) is 3.08. The van der Waals surface area contributed by atoms with Gasteiger partial charge in [0.05, 0.1) is 4.70 Å². The summed E-state index contributed by atoms with van der Waals surface area (Å²) in [5.41, 5.74) is 0.509. The van der Waals surface area contributed by atoms with E-state index in [1.54, 1.807) is 12.1 Å². The minimum Gasteiger partial charge on any atom is -0.375 e. The molecule has 1 aromatic carbocycles. The van der Waals surface area contributed by atoms with Crippen molar-refractivity contribution in [2.45, 2.75) is 19.8 Å². The zero-order valence-electron chi connectivity index (χ0n) is 11.8. The second-order valence-corrected chi connectivity index (χ2v) is 5.27. The lowest BCUT2D eigenvalue weighted by Gasteiger charge is -2.19. The summed E-state index contributed by atoms with van der Waals surface area (Å²) in [5.74, 6) is 0.204. The molecule has 1 aromatic heterocycles. The SMILES string of the molecule is CCN(C(=O)COC)c1nsc2cccc(CC(F)F)c12. The summed E-state index contributed by atoms with van der Waals surface area (Å²) in [7, 11) is 1.44. The van der Waals surface area contributed by atoms with Crippen LogP contribution in [0.4, 0.5) is 14.6 Å². The fourth-order valence-electron chi connectivity index (χ4n) is 2.21. The number of halogens is 2. The largest absolute Gasteiger partial charge is 0.375 e. The van der Waals surface area contributed by atoms with Gasteiger partial charge in [0.25, 0.3) is 5.91 Å². The Hall–Kier alpha value is -1.60. The first-order valence-corrected chi connectivity index (χ1v) is 7.30. The molecular formula is C14H16F2N2O2S. The number of nitrogens with zero attached hydrogens (tertiary/aromatic N) is 2. The summed E-state index contributed by atoms with van der Waals surface area (Å²) < 4.78 is 35.4. The van der Waals surface area contributed by atoms with Gasteiger partial charge >= 0.3 is 0 Å². The molecule has 7 heteroatoms. The quantitative estimate of drug-likeness (QED) is 0.823. The van der Waals surface area contributed by atoms with Crippen LogP contribution in [0, 0.1) is 0 Å². The third kappa shape index (κ3) is 3.36. The predicted octanol–water partition coefficient (Wildman–Crippen LogP) is 3.10. The van der Waals surface area contributed by atoms with Crippen molar-refractivity contribution < 1.29 is 18.3 Å². The maximum absolute atomic E-state index is 12.7. The molecule has 0 radical (unpaired) electrons. The zero-order chi connectivity index (χ0) is 15.4. The monoisotopic (exact) mass is 314 g/mol. The van der Waals surface area contributed by atoms with Crippen LogP contribution in [0.1, 0.15) is 12.5 Å². The number of carbonyl (C=O) groups is 1. The van der Waals surface area contributed by atoms with Gasteiger partial charge in [-0.15, -0.1) is 0 Å². The standard InChI is InChI=1S/C14H16F2N2O2S/c1-3-18(12(19)8-20-2)14-13-9(7-11(15)16)5-4-6-10(13)21-17-14/h4-6,11H,3,7-8H2,1-2H3. The van der Waals surface area contributed by atoms with Crippen molar-refractivity contribution >= 4 is 33.3 Å². The fraction of sp³-hybridized carbons (Fsp3) is 0.429. The van der Waals surface area contributed by atoms with Crippen LogP contribution in [0.2, 0.25) is 0 Å². The number of benzene rings is 1. The number of hydrogen-bond acceptors (Lipinski definition) is 4. The number of hydrogen-bond donors (Lipinski definition) is 0. The molecule has 4 nitrogen and oxygen atoms in total. The Labute approximate surface area is 125 Å². The molecule has 2 rings (SSSR count). The van der Waals surface area contributed by atoms with E-state index in [9.17, 15) is 13.6 Å². The first kappa shape index (κ1) is 15.8. The van der Waals surface area contributed by atoms with E-state index in [-0.39, 0.29) is 18.9 Å². The minimum absolute atomic E-state index is 0.0656. The molecule has 0 fully saturated rings. The van der Waals surface area contributed by atoms with Crippen molar-refractivity contribution in [2.75, 3.05) is 25.2 Å². The van der Waals surface area contributed by atoms with Gasteiger partial charge in [-0.25, -0.2) is 8.78 Å². The average Bonchev–Trinajstić information content (AvgIpc) is 2.84. The maximum Gasteiger partial charge on any atom is 0.254 e. The Morgan fingerprint density at radius 3 is 2.86 bits per heavy atom. The minimum atomic E-state index is -2.44. The summed E-state index contributed by atoms with van der Waals surface area (Å²) in [5, 5.41) is 0.633. The Morgan fingerprint density at radius 2 is 2.24 bits per heavy atom. The summed E-state index contributed by atoms with van der Waals surface area (Å²) in [4.78, 5) is 13.5. The molecule has 114 valence electrons. The van der Waals surface area contributed by atoms with Gasteiger partial charge in [-0.3, -0.25) is 9.69 Å². The van der Waals surface area contributed by atoms with Crippen LogP contribution in [0.25, 0.3) is 10.1 Å². The van der Waals surface area contributed by atoms with Crippen molar-refractivity contribution in [2.24, 2.45) is 0 Å². The first-order chi connectivity index (χ1) is 10.1. The number of fused-ring (bicyclic) bond motifs is 1. The van der Waals surface area contributed by atoms with E-state index in [1.807, 2.05) is 13.0 Å². The van der Waals surface area contributed by atoms with Crippen LogP contribution < -0.4 is 4.90 Å². The molecule has 0 aliphatic heterocycles. The van der Waals surface area contributed by atoms with E-state index in [0.717, 1.165) is 4.70 Å². The molecule has 2 aromatic rings. The Kier molecular flexibility index (Phi) is 5.19. The summed E-state index contributed by atoms with van der Waals surface area (Å²) in [6, 6.07) is 5.20. The van der Waals surface area contributed by atoms with Gasteiger partial charge in [0.2, 0.25) is 6.43 Å². The number of anilines is 1. The molecule has 0 saturated carbocycles. The number of likely N-dealkylation sites (N-methyl/N-ethyl adjacent to an activating group) is 1. The van der Waals surface area contributed by atoms with Crippen LogP contribution in [-0.2, 0) is 16.0 Å². The molecule has 0 atom stereocenters. The zero-order valence-corrected chi connectivity index (χ0v) is 12.6. The van der Waals surface area contributed by atoms with Crippen molar-refractivity contribution in [3.8, 4) is 0 Å².